The summed E-state index contributed by atoms with van der Waals surface area (Å²) in [6.45, 7) is 11.3. The third-order valence-corrected chi connectivity index (χ3v) is 4.52. The molecule has 0 bridgehead atoms. The summed E-state index contributed by atoms with van der Waals surface area (Å²) in [4.78, 5) is 13.9. The lowest BCUT2D eigenvalue weighted by atomic mass is 10.2. The first-order chi connectivity index (χ1) is 11.8. The van der Waals surface area contributed by atoms with Crippen LogP contribution in [0.1, 0.15) is 25.1 Å². The Hall–Kier alpha value is -0.940. The van der Waals surface area contributed by atoms with E-state index in [1.807, 2.05) is 6.92 Å². The highest BCUT2D eigenvalue weighted by atomic mass is 127. The number of likely N-dealkylation sites (tertiary alicyclic amines) is 1. The Kier molecular flexibility index (Phi) is 8.37. The number of nitrogens with one attached hydrogen (secondary N) is 1. The van der Waals surface area contributed by atoms with Crippen molar-refractivity contribution in [3.63, 3.8) is 0 Å². The van der Waals surface area contributed by atoms with Crippen LogP contribution in [-0.2, 0) is 11.2 Å². The second-order valence-electron chi connectivity index (χ2n) is 6.26. The molecule has 2 aliphatic rings. The molecular weight excluding hydrogens is 435 g/mol. The second-order valence-corrected chi connectivity index (χ2v) is 6.26. The Labute approximate surface area is 166 Å². The molecule has 2 fully saturated rings. The molecule has 1 unspecified atom stereocenters. The number of ether oxygens (including phenoxy) is 1. The summed E-state index contributed by atoms with van der Waals surface area (Å²) < 4.78 is 10.6. The molecule has 2 saturated heterocycles. The van der Waals surface area contributed by atoms with Gasteiger partial charge < -0.3 is 19.5 Å². The van der Waals surface area contributed by atoms with Crippen molar-refractivity contribution in [3.05, 3.63) is 11.7 Å². The van der Waals surface area contributed by atoms with E-state index in [1.54, 1.807) is 0 Å². The fourth-order valence-corrected chi connectivity index (χ4v) is 3.30. The summed E-state index contributed by atoms with van der Waals surface area (Å²) >= 11 is 0. The SMILES string of the molecule is CCNC(=NCCc1nc(C)no1)N1CCC(N2CCOCC2)C1.I. The molecule has 0 aromatic carbocycles. The van der Waals surface area contributed by atoms with Crippen LogP contribution in [0.15, 0.2) is 9.52 Å². The third-order valence-electron chi connectivity index (χ3n) is 4.52. The van der Waals surface area contributed by atoms with E-state index in [0.717, 1.165) is 51.9 Å². The number of aliphatic imine (C=N–C) groups is 1. The molecular formula is C16H29IN6O2. The van der Waals surface area contributed by atoms with Gasteiger partial charge in [-0.15, -0.1) is 24.0 Å². The van der Waals surface area contributed by atoms with Crippen LogP contribution in [0.25, 0.3) is 0 Å². The van der Waals surface area contributed by atoms with Crippen molar-refractivity contribution in [1.29, 1.82) is 0 Å². The predicted octanol–water partition coefficient (Wildman–Crippen LogP) is 0.911. The van der Waals surface area contributed by atoms with Gasteiger partial charge >= 0.3 is 0 Å². The lowest BCUT2D eigenvalue weighted by molar-refractivity contribution is 0.0195. The quantitative estimate of drug-likeness (QED) is 0.394. The lowest BCUT2D eigenvalue weighted by Gasteiger charge is -2.32. The first-order valence-corrected chi connectivity index (χ1v) is 8.90. The molecule has 142 valence electrons. The van der Waals surface area contributed by atoms with Crippen molar-refractivity contribution in [2.45, 2.75) is 32.7 Å². The summed E-state index contributed by atoms with van der Waals surface area (Å²) in [6, 6.07) is 0.608. The maximum absolute atomic E-state index is 5.46. The molecule has 1 aromatic heterocycles. The van der Waals surface area contributed by atoms with Crippen LogP contribution in [0.3, 0.4) is 0 Å². The zero-order chi connectivity index (χ0) is 16.8. The van der Waals surface area contributed by atoms with Gasteiger partial charge in [-0.2, -0.15) is 4.98 Å². The first kappa shape index (κ1) is 20.4. The monoisotopic (exact) mass is 464 g/mol. The molecule has 0 spiro atoms. The van der Waals surface area contributed by atoms with E-state index >= 15 is 0 Å². The molecule has 0 aliphatic carbocycles. The minimum atomic E-state index is 0. The summed E-state index contributed by atoms with van der Waals surface area (Å²) in [5.41, 5.74) is 0. The minimum Gasteiger partial charge on any atom is -0.379 e. The number of aryl methyl sites for hydroxylation is 1. The molecule has 9 heteroatoms. The summed E-state index contributed by atoms with van der Waals surface area (Å²) in [5, 5.41) is 7.22. The highest BCUT2D eigenvalue weighted by Crippen LogP contribution is 2.17. The van der Waals surface area contributed by atoms with E-state index in [9.17, 15) is 0 Å². The molecule has 1 N–H and O–H groups in total. The van der Waals surface area contributed by atoms with Crippen molar-refractivity contribution in [2.75, 3.05) is 52.5 Å². The molecule has 0 amide bonds. The number of hydrogen-bond acceptors (Lipinski definition) is 6. The molecule has 1 aromatic rings. The summed E-state index contributed by atoms with van der Waals surface area (Å²) in [5.74, 6) is 2.32. The standard InChI is InChI=1S/C16H28N6O2.HI/c1-3-17-16(18-6-4-15-19-13(2)20-24-15)22-7-5-14(12-22)21-8-10-23-11-9-21;/h14H,3-12H2,1-2H3,(H,17,18);1H. The molecule has 2 aliphatic heterocycles. The molecule has 3 heterocycles. The van der Waals surface area contributed by atoms with Gasteiger partial charge in [-0.25, -0.2) is 0 Å². The van der Waals surface area contributed by atoms with Crippen molar-refractivity contribution in [3.8, 4) is 0 Å². The van der Waals surface area contributed by atoms with Gasteiger partial charge in [0.2, 0.25) is 5.89 Å². The average molecular weight is 464 g/mol. The number of halogens is 1. The topological polar surface area (TPSA) is 79.0 Å². The van der Waals surface area contributed by atoms with Crippen molar-refractivity contribution < 1.29 is 9.26 Å². The number of nitrogens with zero attached hydrogens (tertiary/aromatic N) is 5. The Bertz CT molecular complexity index is 546. The largest absolute Gasteiger partial charge is 0.379 e. The minimum absolute atomic E-state index is 0. The van der Waals surface area contributed by atoms with Gasteiger partial charge in [0.15, 0.2) is 11.8 Å². The molecule has 25 heavy (non-hydrogen) atoms. The van der Waals surface area contributed by atoms with Crippen molar-refractivity contribution in [2.24, 2.45) is 4.99 Å². The van der Waals surface area contributed by atoms with Gasteiger partial charge in [0.25, 0.3) is 0 Å². The van der Waals surface area contributed by atoms with Gasteiger partial charge in [-0.05, 0) is 20.3 Å². The smallest absolute Gasteiger partial charge is 0.228 e. The number of aromatic nitrogens is 2. The maximum Gasteiger partial charge on any atom is 0.228 e. The van der Waals surface area contributed by atoms with Crippen LogP contribution in [0, 0.1) is 6.92 Å². The average Bonchev–Trinajstić information content (AvgIpc) is 3.24. The molecule has 0 saturated carbocycles. The highest BCUT2D eigenvalue weighted by Gasteiger charge is 2.30. The second kappa shape index (κ2) is 10.3. The summed E-state index contributed by atoms with van der Waals surface area (Å²) in [6.07, 6.45) is 1.86. The van der Waals surface area contributed by atoms with E-state index in [-0.39, 0.29) is 24.0 Å². The molecule has 8 nitrogen and oxygen atoms in total. The van der Waals surface area contributed by atoms with E-state index in [2.05, 4.69) is 32.2 Å². The predicted molar refractivity (Wildman–Crippen MR) is 107 cm³/mol. The lowest BCUT2D eigenvalue weighted by Crippen LogP contribution is -2.46. The Morgan fingerprint density at radius 3 is 2.80 bits per heavy atom. The normalized spacial score (nSPS) is 22.1. The van der Waals surface area contributed by atoms with Gasteiger partial charge in [0.1, 0.15) is 0 Å². The highest BCUT2D eigenvalue weighted by molar-refractivity contribution is 14.0. The van der Waals surface area contributed by atoms with Gasteiger partial charge in [-0.3, -0.25) is 9.89 Å². The van der Waals surface area contributed by atoms with Crippen LogP contribution < -0.4 is 5.32 Å². The summed E-state index contributed by atoms with van der Waals surface area (Å²) in [7, 11) is 0. The van der Waals surface area contributed by atoms with Crippen LogP contribution in [0.2, 0.25) is 0 Å². The Morgan fingerprint density at radius 2 is 2.12 bits per heavy atom. The Balaban J connectivity index is 0.00000225. The van der Waals surface area contributed by atoms with Crippen LogP contribution in [-0.4, -0.2) is 84.4 Å². The number of hydrogen-bond donors (Lipinski definition) is 1. The number of rotatable bonds is 5. The molecule has 3 rings (SSSR count). The van der Waals surface area contributed by atoms with Crippen LogP contribution >= 0.6 is 24.0 Å². The zero-order valence-electron chi connectivity index (χ0n) is 15.1. The third kappa shape index (κ3) is 5.78. The van der Waals surface area contributed by atoms with E-state index in [1.165, 1.54) is 6.42 Å². The first-order valence-electron chi connectivity index (χ1n) is 8.90. The van der Waals surface area contributed by atoms with Crippen LogP contribution in [0.4, 0.5) is 0 Å². The van der Waals surface area contributed by atoms with Gasteiger partial charge in [-0.1, -0.05) is 5.16 Å². The molecule has 1 atom stereocenters. The van der Waals surface area contributed by atoms with E-state index in [0.29, 0.717) is 30.7 Å². The zero-order valence-corrected chi connectivity index (χ0v) is 17.4. The van der Waals surface area contributed by atoms with Crippen LogP contribution in [0.5, 0.6) is 0 Å². The fraction of sp³-hybridized carbons (Fsp3) is 0.812. The van der Waals surface area contributed by atoms with Crippen molar-refractivity contribution >= 4 is 29.9 Å². The number of morpholine rings is 1. The van der Waals surface area contributed by atoms with Crippen molar-refractivity contribution in [1.82, 2.24) is 25.3 Å². The molecule has 0 radical (unpaired) electrons. The Morgan fingerprint density at radius 1 is 1.32 bits per heavy atom. The van der Waals surface area contributed by atoms with Gasteiger partial charge in [0.05, 0.1) is 19.8 Å². The number of guanidine groups is 1. The van der Waals surface area contributed by atoms with E-state index in [4.69, 9.17) is 14.3 Å². The fourth-order valence-electron chi connectivity index (χ4n) is 3.30. The maximum atomic E-state index is 5.46. The van der Waals surface area contributed by atoms with Gasteiger partial charge in [0, 0.05) is 45.2 Å². The van der Waals surface area contributed by atoms with E-state index < -0.39 is 0 Å².